The number of aliphatic carboxylic acids is 1. The summed E-state index contributed by atoms with van der Waals surface area (Å²) in [5, 5.41) is 28.6. The Morgan fingerprint density at radius 3 is 2.34 bits per heavy atom. The number of primary amides is 1. The summed E-state index contributed by atoms with van der Waals surface area (Å²) in [6.07, 6.45) is -0.463. The molecule has 0 bridgehead atoms. The lowest BCUT2D eigenvalue weighted by Crippen LogP contribution is -2.61. The van der Waals surface area contributed by atoms with Gasteiger partial charge in [0.05, 0.1) is 6.10 Å². The summed E-state index contributed by atoms with van der Waals surface area (Å²) in [5.74, 6) is -5.27. The predicted molar refractivity (Wildman–Crippen MR) is 161 cm³/mol. The van der Waals surface area contributed by atoms with E-state index in [0.717, 1.165) is 10.8 Å². The summed E-state index contributed by atoms with van der Waals surface area (Å²) < 4.78 is 0. The maximum Gasteiger partial charge on any atom is 0.303 e. The number of alkyl halides is 1. The number of nitrogens with zero attached hydrogens (tertiary/aromatic N) is 1. The highest BCUT2D eigenvalue weighted by molar-refractivity contribution is 6.27. The summed E-state index contributed by atoms with van der Waals surface area (Å²) in [6, 6.07) is 8.26. The minimum Gasteiger partial charge on any atom is -0.481 e. The molecule has 5 atom stereocenters. The van der Waals surface area contributed by atoms with E-state index in [2.05, 4.69) is 16.0 Å². The first kappa shape index (κ1) is 34.3. The van der Waals surface area contributed by atoms with Crippen LogP contribution in [0.25, 0.3) is 10.8 Å². The molecule has 1 aliphatic rings. The normalized spacial score (nSPS) is 17.5. The van der Waals surface area contributed by atoms with Crippen LogP contribution in [0.2, 0.25) is 0 Å². The van der Waals surface area contributed by atoms with E-state index in [1.165, 1.54) is 11.8 Å². The van der Waals surface area contributed by atoms with Crippen LogP contribution in [-0.2, 0) is 35.2 Å². The number of carboxylic acids is 1. The molecule has 2 aromatic carbocycles. The average Bonchev–Trinajstić information content (AvgIpc) is 3.00. The Kier molecular flexibility index (Phi) is 12.5. The maximum atomic E-state index is 13.7. The molecule has 0 saturated carbocycles. The number of rotatable bonds is 14. The number of carboxylic acid groups (broad SMARTS) is 1. The van der Waals surface area contributed by atoms with Crippen molar-refractivity contribution in [3.05, 3.63) is 48.0 Å². The molecule has 1 unspecified atom stereocenters. The van der Waals surface area contributed by atoms with Crippen molar-refractivity contribution in [3.63, 3.8) is 0 Å². The lowest BCUT2D eigenvalue weighted by molar-refractivity contribution is -0.146. The van der Waals surface area contributed by atoms with Gasteiger partial charge in [-0.3, -0.25) is 28.8 Å². The molecular formula is C30H38ClN5O8. The van der Waals surface area contributed by atoms with Crippen molar-refractivity contribution in [1.29, 1.82) is 0 Å². The highest BCUT2D eigenvalue weighted by Gasteiger charge is 2.38. The van der Waals surface area contributed by atoms with Crippen LogP contribution in [0.3, 0.4) is 0 Å². The van der Waals surface area contributed by atoms with Crippen LogP contribution >= 0.6 is 11.6 Å². The second kappa shape index (κ2) is 16.0. The number of halogens is 1. The van der Waals surface area contributed by atoms with Crippen LogP contribution < -0.4 is 21.7 Å². The topological polar surface area (TPSA) is 208 Å². The molecule has 1 fully saturated rings. The first-order valence-electron chi connectivity index (χ1n) is 14.3. The Hall–Kier alpha value is -4.23. The number of hydrogen-bond donors (Lipinski definition) is 6. The molecule has 0 spiro atoms. The number of fused-ring (bicyclic) bond motifs is 1. The van der Waals surface area contributed by atoms with E-state index in [1.807, 2.05) is 36.4 Å². The van der Waals surface area contributed by atoms with E-state index in [1.54, 1.807) is 6.07 Å². The second-order valence-electron chi connectivity index (χ2n) is 10.8. The van der Waals surface area contributed by atoms with E-state index in [-0.39, 0.29) is 25.8 Å². The number of carbonyl (C=O) groups excluding carboxylic acids is 5. The number of aliphatic hydroxyl groups is 1. The van der Waals surface area contributed by atoms with Crippen LogP contribution in [-0.4, -0.2) is 93.3 Å². The minimum absolute atomic E-state index is 0.0153. The number of aliphatic hydroxyl groups excluding tert-OH is 1. The zero-order valence-corrected chi connectivity index (χ0v) is 25.1. The molecule has 14 heteroatoms. The minimum atomic E-state index is -1.41. The Bertz CT molecular complexity index is 1390. The van der Waals surface area contributed by atoms with Gasteiger partial charge in [-0.2, -0.15) is 0 Å². The van der Waals surface area contributed by atoms with E-state index < -0.39 is 78.1 Å². The third-order valence-corrected chi connectivity index (χ3v) is 7.71. The Morgan fingerprint density at radius 2 is 1.70 bits per heavy atom. The van der Waals surface area contributed by atoms with Gasteiger partial charge >= 0.3 is 5.97 Å². The fraction of sp³-hybridized carbons (Fsp3) is 0.467. The predicted octanol–water partition coefficient (Wildman–Crippen LogP) is 0.188. The molecular weight excluding hydrogens is 594 g/mol. The van der Waals surface area contributed by atoms with Gasteiger partial charge in [-0.05, 0) is 48.9 Å². The van der Waals surface area contributed by atoms with Gasteiger partial charge in [-0.25, -0.2) is 0 Å². The van der Waals surface area contributed by atoms with Crippen molar-refractivity contribution in [3.8, 4) is 0 Å². The number of benzene rings is 2. The summed E-state index contributed by atoms with van der Waals surface area (Å²) in [6.45, 7) is 1.46. The number of hydrogen-bond acceptors (Lipinski definition) is 7. The summed E-state index contributed by atoms with van der Waals surface area (Å²) in [5.41, 5.74) is 6.07. The molecule has 13 nitrogen and oxygen atoms in total. The molecule has 3 rings (SSSR count). The van der Waals surface area contributed by atoms with E-state index >= 15 is 0 Å². The molecule has 1 aliphatic heterocycles. The Balaban J connectivity index is 1.87. The van der Waals surface area contributed by atoms with E-state index in [0.29, 0.717) is 18.4 Å². The lowest BCUT2D eigenvalue weighted by atomic mass is 9.97. The van der Waals surface area contributed by atoms with Gasteiger partial charge in [0.25, 0.3) is 0 Å². The van der Waals surface area contributed by atoms with Crippen molar-refractivity contribution in [1.82, 2.24) is 20.9 Å². The monoisotopic (exact) mass is 631 g/mol. The highest BCUT2D eigenvalue weighted by atomic mass is 35.5. The number of carbonyl (C=O) groups is 6. The van der Waals surface area contributed by atoms with E-state index in [4.69, 9.17) is 22.4 Å². The van der Waals surface area contributed by atoms with Crippen LogP contribution in [0.1, 0.15) is 44.6 Å². The number of nitrogens with one attached hydrogen (secondary N) is 3. The molecule has 238 valence electrons. The molecule has 0 radical (unpaired) electrons. The zero-order chi connectivity index (χ0) is 32.4. The van der Waals surface area contributed by atoms with Crippen LogP contribution in [0.5, 0.6) is 0 Å². The fourth-order valence-electron chi connectivity index (χ4n) is 5.19. The third kappa shape index (κ3) is 9.38. The number of nitrogens with two attached hydrogens (primary N) is 1. The standard InChI is InChI=1S/C30H38ClN5O8/c1-17(37)26(27(32)41)35-28(42)22(15-18-9-10-19-6-2-3-7-20(19)14-18)34-29(43)23-8-4-5-13-36(23)30(44)21(11-12-25(39)40)33-24(38)16-31/h2-3,6-7,9-10,14,17,21-23,26,37H,4-5,8,11-13,15-16H2,1H3,(H2,32,41)(H,33,38)(H,34,43)(H,35,42)(H,39,40)/t17?,21-,22-,23-,26-/m0/s1. The summed E-state index contributed by atoms with van der Waals surface area (Å²) in [7, 11) is 0. The maximum absolute atomic E-state index is 13.7. The quantitative estimate of drug-likeness (QED) is 0.158. The van der Waals surface area contributed by atoms with E-state index in [9.17, 15) is 33.9 Å². The number of likely N-dealkylation sites (tertiary alicyclic amines) is 1. The SMILES string of the molecule is CC(O)[C@H](NC(=O)[C@H](Cc1ccc2ccccc2c1)NC(=O)[C@@H]1CCCCN1C(=O)[C@H](CCC(=O)O)NC(=O)CCl)C(N)=O. The fourth-order valence-corrected chi connectivity index (χ4v) is 5.27. The van der Waals surface area contributed by atoms with Gasteiger partial charge in [0.2, 0.25) is 29.5 Å². The van der Waals surface area contributed by atoms with Gasteiger partial charge in [-0.15, -0.1) is 11.6 Å². The molecule has 5 amide bonds. The lowest BCUT2D eigenvalue weighted by Gasteiger charge is -2.37. The van der Waals surface area contributed by atoms with Crippen molar-refractivity contribution in [2.24, 2.45) is 5.73 Å². The van der Waals surface area contributed by atoms with Gasteiger partial charge in [0.15, 0.2) is 0 Å². The van der Waals surface area contributed by atoms with Crippen LogP contribution in [0.15, 0.2) is 42.5 Å². The molecule has 1 saturated heterocycles. The zero-order valence-electron chi connectivity index (χ0n) is 24.3. The number of piperidine rings is 1. The third-order valence-electron chi connectivity index (χ3n) is 7.46. The van der Waals surface area contributed by atoms with Gasteiger partial charge in [-0.1, -0.05) is 42.5 Å². The van der Waals surface area contributed by atoms with Crippen molar-refractivity contribution >= 4 is 57.9 Å². The van der Waals surface area contributed by atoms with Crippen molar-refractivity contribution < 1.29 is 39.0 Å². The highest BCUT2D eigenvalue weighted by Crippen LogP contribution is 2.21. The van der Waals surface area contributed by atoms with Gasteiger partial charge in [0.1, 0.15) is 30.0 Å². The summed E-state index contributed by atoms with van der Waals surface area (Å²) >= 11 is 5.59. The number of amides is 5. The molecule has 44 heavy (non-hydrogen) atoms. The van der Waals surface area contributed by atoms with Crippen molar-refractivity contribution in [2.45, 2.75) is 75.7 Å². The second-order valence-corrected chi connectivity index (χ2v) is 11.1. The Morgan fingerprint density at radius 1 is 1.00 bits per heavy atom. The Labute approximate surface area is 259 Å². The smallest absolute Gasteiger partial charge is 0.303 e. The first-order chi connectivity index (χ1) is 20.9. The van der Waals surface area contributed by atoms with Crippen LogP contribution in [0, 0.1) is 0 Å². The molecule has 0 aliphatic carbocycles. The van der Waals surface area contributed by atoms with Gasteiger partial charge < -0.3 is 36.8 Å². The molecule has 2 aromatic rings. The molecule has 1 heterocycles. The first-order valence-corrected chi connectivity index (χ1v) is 14.9. The molecule has 7 N–H and O–H groups in total. The van der Waals surface area contributed by atoms with Crippen LogP contribution in [0.4, 0.5) is 0 Å². The largest absolute Gasteiger partial charge is 0.481 e. The molecule has 0 aromatic heterocycles. The van der Waals surface area contributed by atoms with Gasteiger partial charge in [0, 0.05) is 19.4 Å². The summed E-state index contributed by atoms with van der Waals surface area (Å²) in [4.78, 5) is 77.1. The van der Waals surface area contributed by atoms with Crippen molar-refractivity contribution in [2.75, 3.05) is 12.4 Å². The average molecular weight is 632 g/mol.